The summed E-state index contributed by atoms with van der Waals surface area (Å²) in [4.78, 5) is 4.05. The number of nitrogens with one attached hydrogen (secondary N) is 1. The highest BCUT2D eigenvalue weighted by Gasteiger charge is 2.04. The normalized spacial score (nSPS) is 10.4. The van der Waals surface area contributed by atoms with Gasteiger partial charge in [0.25, 0.3) is 0 Å². The van der Waals surface area contributed by atoms with Crippen molar-refractivity contribution >= 4 is 5.69 Å². The van der Waals surface area contributed by atoms with Gasteiger partial charge in [0.1, 0.15) is 5.82 Å². The lowest BCUT2D eigenvalue weighted by Gasteiger charge is -2.11. The first-order valence-corrected chi connectivity index (χ1v) is 5.98. The van der Waals surface area contributed by atoms with Crippen molar-refractivity contribution in [3.05, 3.63) is 58.7 Å². The van der Waals surface area contributed by atoms with E-state index < -0.39 is 0 Å². The molecule has 2 rings (SSSR count). The predicted octanol–water partition coefficient (Wildman–Crippen LogP) is 3.76. The number of aryl methyl sites for hydroxylation is 3. The molecule has 0 unspecified atom stereocenters. The van der Waals surface area contributed by atoms with Gasteiger partial charge >= 0.3 is 0 Å². The van der Waals surface area contributed by atoms with Crippen LogP contribution in [-0.2, 0) is 6.54 Å². The molecule has 2 nitrogen and oxygen atoms in total. The fraction of sp³-hybridized carbons (Fsp3) is 0.267. The van der Waals surface area contributed by atoms with E-state index in [1.54, 1.807) is 20.0 Å². The molecule has 0 amide bonds. The smallest absolute Gasteiger partial charge is 0.129 e. The van der Waals surface area contributed by atoms with Crippen molar-refractivity contribution in [3.63, 3.8) is 0 Å². The second kappa shape index (κ2) is 5.17. The third kappa shape index (κ3) is 2.67. The molecule has 0 atom stereocenters. The predicted molar refractivity (Wildman–Crippen MR) is 72.2 cm³/mol. The molecule has 1 aromatic carbocycles. The maximum atomic E-state index is 13.5. The van der Waals surface area contributed by atoms with Crippen molar-refractivity contribution in [2.75, 3.05) is 5.32 Å². The van der Waals surface area contributed by atoms with E-state index in [2.05, 4.69) is 10.3 Å². The van der Waals surface area contributed by atoms with Gasteiger partial charge in [-0.15, -0.1) is 0 Å². The second-order valence-electron chi connectivity index (χ2n) is 4.59. The maximum Gasteiger partial charge on any atom is 0.129 e. The summed E-state index contributed by atoms with van der Waals surface area (Å²) >= 11 is 0. The van der Waals surface area contributed by atoms with Crippen molar-refractivity contribution < 1.29 is 4.39 Å². The van der Waals surface area contributed by atoms with Gasteiger partial charge in [-0.05, 0) is 49.1 Å². The summed E-state index contributed by atoms with van der Waals surface area (Å²) in [6.45, 7) is 6.29. The Hall–Kier alpha value is -1.90. The van der Waals surface area contributed by atoms with Crippen LogP contribution in [0.1, 0.15) is 22.3 Å². The Kier molecular flexibility index (Phi) is 3.60. The van der Waals surface area contributed by atoms with Crippen molar-refractivity contribution in [1.29, 1.82) is 0 Å². The molecule has 0 saturated carbocycles. The van der Waals surface area contributed by atoms with Crippen molar-refractivity contribution in [1.82, 2.24) is 4.98 Å². The van der Waals surface area contributed by atoms with Gasteiger partial charge < -0.3 is 5.32 Å². The minimum Gasteiger partial charge on any atom is -0.381 e. The first kappa shape index (κ1) is 12.6. The standard InChI is InChI=1S/C15H17FN2/c1-10-6-13(7-11(2)15(10)16)9-18-14-4-5-17-8-12(14)3/h4-8H,9H2,1-3H3,(H,17,18). The number of hydrogen-bond acceptors (Lipinski definition) is 2. The van der Waals surface area contributed by atoms with Crippen LogP contribution in [0.3, 0.4) is 0 Å². The molecule has 0 bridgehead atoms. The van der Waals surface area contributed by atoms with E-state index in [1.807, 2.05) is 31.3 Å². The van der Waals surface area contributed by atoms with E-state index in [4.69, 9.17) is 0 Å². The fourth-order valence-electron chi connectivity index (χ4n) is 2.01. The summed E-state index contributed by atoms with van der Waals surface area (Å²) in [6.07, 6.45) is 3.58. The molecule has 0 aliphatic heterocycles. The minimum atomic E-state index is -0.112. The Balaban J connectivity index is 2.14. The zero-order valence-electron chi connectivity index (χ0n) is 10.9. The highest BCUT2D eigenvalue weighted by atomic mass is 19.1. The van der Waals surface area contributed by atoms with Crippen molar-refractivity contribution in [2.24, 2.45) is 0 Å². The van der Waals surface area contributed by atoms with Crippen molar-refractivity contribution in [2.45, 2.75) is 27.3 Å². The van der Waals surface area contributed by atoms with Gasteiger partial charge in [0.05, 0.1) is 0 Å². The number of anilines is 1. The molecule has 0 spiro atoms. The molecular weight excluding hydrogens is 227 g/mol. The van der Waals surface area contributed by atoms with E-state index in [-0.39, 0.29) is 5.82 Å². The van der Waals surface area contributed by atoms with Crippen LogP contribution in [0, 0.1) is 26.6 Å². The molecule has 3 heteroatoms. The molecular formula is C15H17FN2. The summed E-state index contributed by atoms with van der Waals surface area (Å²) in [6, 6.07) is 5.70. The van der Waals surface area contributed by atoms with E-state index in [0.29, 0.717) is 17.7 Å². The summed E-state index contributed by atoms with van der Waals surface area (Å²) in [5, 5.41) is 3.34. The van der Waals surface area contributed by atoms with Crippen LogP contribution in [0.2, 0.25) is 0 Å². The maximum absolute atomic E-state index is 13.5. The van der Waals surface area contributed by atoms with Gasteiger partial charge in [-0.2, -0.15) is 0 Å². The van der Waals surface area contributed by atoms with E-state index in [0.717, 1.165) is 16.8 Å². The van der Waals surface area contributed by atoms with Crippen LogP contribution in [-0.4, -0.2) is 4.98 Å². The monoisotopic (exact) mass is 244 g/mol. The molecule has 0 fully saturated rings. The number of pyridine rings is 1. The molecule has 0 radical (unpaired) electrons. The first-order chi connectivity index (χ1) is 8.58. The van der Waals surface area contributed by atoms with Gasteiger partial charge in [-0.25, -0.2) is 4.39 Å². The van der Waals surface area contributed by atoms with Crippen LogP contribution < -0.4 is 5.32 Å². The molecule has 2 aromatic rings. The SMILES string of the molecule is Cc1cnccc1NCc1cc(C)c(F)c(C)c1. The third-order valence-corrected chi connectivity index (χ3v) is 3.00. The number of benzene rings is 1. The molecule has 0 aliphatic rings. The topological polar surface area (TPSA) is 24.9 Å². The Labute approximate surface area is 107 Å². The third-order valence-electron chi connectivity index (χ3n) is 3.00. The van der Waals surface area contributed by atoms with Crippen LogP contribution >= 0.6 is 0 Å². The number of hydrogen-bond donors (Lipinski definition) is 1. The number of nitrogens with zero attached hydrogens (tertiary/aromatic N) is 1. The molecule has 1 aromatic heterocycles. The number of aromatic nitrogens is 1. The number of halogens is 1. The first-order valence-electron chi connectivity index (χ1n) is 5.98. The Morgan fingerprint density at radius 3 is 2.39 bits per heavy atom. The molecule has 0 aliphatic carbocycles. The Morgan fingerprint density at radius 2 is 1.78 bits per heavy atom. The van der Waals surface area contributed by atoms with Crippen LogP contribution in [0.25, 0.3) is 0 Å². The fourth-order valence-corrected chi connectivity index (χ4v) is 2.01. The van der Waals surface area contributed by atoms with Gasteiger partial charge in [-0.3, -0.25) is 4.98 Å². The largest absolute Gasteiger partial charge is 0.381 e. The molecule has 94 valence electrons. The lowest BCUT2D eigenvalue weighted by molar-refractivity contribution is 0.608. The van der Waals surface area contributed by atoms with E-state index in [9.17, 15) is 4.39 Å². The van der Waals surface area contributed by atoms with Gasteiger partial charge in [-0.1, -0.05) is 12.1 Å². The van der Waals surface area contributed by atoms with Crippen LogP contribution in [0.4, 0.5) is 10.1 Å². The number of rotatable bonds is 3. The highest BCUT2D eigenvalue weighted by molar-refractivity contribution is 5.49. The summed E-state index contributed by atoms with van der Waals surface area (Å²) in [5.74, 6) is -0.112. The van der Waals surface area contributed by atoms with Crippen LogP contribution in [0.5, 0.6) is 0 Å². The van der Waals surface area contributed by atoms with Crippen molar-refractivity contribution in [3.8, 4) is 0 Å². The summed E-state index contributed by atoms with van der Waals surface area (Å²) in [7, 11) is 0. The zero-order valence-corrected chi connectivity index (χ0v) is 10.9. The quantitative estimate of drug-likeness (QED) is 0.889. The Morgan fingerprint density at radius 1 is 1.11 bits per heavy atom. The second-order valence-corrected chi connectivity index (χ2v) is 4.59. The van der Waals surface area contributed by atoms with Gasteiger partial charge in [0.15, 0.2) is 0 Å². The highest BCUT2D eigenvalue weighted by Crippen LogP contribution is 2.17. The average molecular weight is 244 g/mol. The zero-order chi connectivity index (χ0) is 13.1. The molecule has 1 heterocycles. The lowest BCUT2D eigenvalue weighted by Crippen LogP contribution is -2.03. The average Bonchev–Trinajstić information content (AvgIpc) is 2.35. The minimum absolute atomic E-state index is 0.112. The van der Waals surface area contributed by atoms with E-state index >= 15 is 0 Å². The lowest BCUT2D eigenvalue weighted by atomic mass is 10.1. The van der Waals surface area contributed by atoms with Gasteiger partial charge in [0, 0.05) is 24.6 Å². The molecule has 1 N–H and O–H groups in total. The van der Waals surface area contributed by atoms with E-state index in [1.165, 1.54) is 0 Å². The summed E-state index contributed by atoms with van der Waals surface area (Å²) in [5.41, 5.74) is 4.64. The summed E-state index contributed by atoms with van der Waals surface area (Å²) < 4.78 is 13.5. The Bertz CT molecular complexity index is 541. The molecule has 18 heavy (non-hydrogen) atoms. The van der Waals surface area contributed by atoms with Crippen LogP contribution in [0.15, 0.2) is 30.6 Å². The van der Waals surface area contributed by atoms with Gasteiger partial charge in [0.2, 0.25) is 0 Å². The molecule has 0 saturated heterocycles.